The zero-order chi connectivity index (χ0) is 16.4. The molecule has 2 heterocycles. The number of hydrogen-bond acceptors (Lipinski definition) is 6. The van der Waals surface area contributed by atoms with E-state index < -0.39 is 23.8 Å². The molecule has 1 saturated heterocycles. The van der Waals surface area contributed by atoms with Gasteiger partial charge in [0.25, 0.3) is 0 Å². The Bertz CT molecular complexity index is 680. The molecule has 2 aromatic rings. The van der Waals surface area contributed by atoms with E-state index in [1.54, 1.807) is 4.90 Å². The maximum Gasteiger partial charge on any atom is 0.240 e. The summed E-state index contributed by atoms with van der Waals surface area (Å²) in [6.45, 7) is 0.797. The van der Waals surface area contributed by atoms with Gasteiger partial charge < -0.3 is 14.4 Å². The molecule has 0 saturated carbocycles. The van der Waals surface area contributed by atoms with Crippen molar-refractivity contribution in [1.29, 1.82) is 0 Å². The number of hydrogen-bond donors (Lipinski definition) is 1. The normalized spacial score (nSPS) is 21.9. The number of halogens is 2. The molecule has 1 aromatic heterocycles. The number of ether oxygens (including phenoxy) is 1. The fourth-order valence-electron chi connectivity index (χ4n) is 2.86. The van der Waals surface area contributed by atoms with E-state index in [0.717, 1.165) is 18.2 Å². The molecule has 23 heavy (non-hydrogen) atoms. The van der Waals surface area contributed by atoms with E-state index in [1.165, 1.54) is 7.11 Å². The third-order valence-corrected chi connectivity index (χ3v) is 3.82. The number of benzene rings is 1. The predicted octanol–water partition coefficient (Wildman–Crippen LogP) is 1.80. The lowest BCUT2D eigenvalue weighted by atomic mass is 10.0. The van der Waals surface area contributed by atoms with Gasteiger partial charge in [-0.3, -0.25) is 4.90 Å². The van der Waals surface area contributed by atoms with Gasteiger partial charge in [-0.1, -0.05) is 5.16 Å². The van der Waals surface area contributed by atoms with Crippen LogP contribution >= 0.6 is 0 Å². The lowest BCUT2D eigenvalue weighted by molar-refractivity contribution is 0.163. The molecule has 1 aliphatic rings. The van der Waals surface area contributed by atoms with Crippen molar-refractivity contribution in [3.63, 3.8) is 0 Å². The highest BCUT2D eigenvalue weighted by molar-refractivity contribution is 5.24. The average Bonchev–Trinajstić information content (AvgIpc) is 3.09. The van der Waals surface area contributed by atoms with Crippen LogP contribution in [0.4, 0.5) is 8.78 Å². The first-order valence-electron chi connectivity index (χ1n) is 7.24. The molecule has 1 aliphatic heterocycles. The monoisotopic (exact) mass is 325 g/mol. The Morgan fingerprint density at radius 3 is 3.04 bits per heavy atom. The Hall–Kier alpha value is -1.90. The number of nitrogens with zero attached hydrogens (tertiary/aromatic N) is 3. The number of β-amino-alcohol motifs (C(OH)–C–C–N with tert-alkyl or cyclic N) is 1. The van der Waals surface area contributed by atoms with Crippen molar-refractivity contribution in [1.82, 2.24) is 15.0 Å². The summed E-state index contributed by atoms with van der Waals surface area (Å²) in [4.78, 5) is 5.96. The molecular formula is C15H17F2N3O3. The molecule has 3 rings (SSSR count). The molecule has 124 valence electrons. The summed E-state index contributed by atoms with van der Waals surface area (Å²) in [5.41, 5.74) is 0.221. The first-order chi connectivity index (χ1) is 11.1. The fourth-order valence-corrected chi connectivity index (χ4v) is 2.86. The van der Waals surface area contributed by atoms with E-state index in [-0.39, 0.29) is 18.7 Å². The standard InChI is InChI=1S/C15H17F2N3O3/c1-22-8-14-18-15(23-19-14)7-20-6-10(21)5-13(20)11-4-9(16)2-3-12(11)17/h2-4,10,13,21H,5-8H2,1H3/t10-,13-/m0/s1. The van der Waals surface area contributed by atoms with Crippen LogP contribution in [0.5, 0.6) is 0 Å². The summed E-state index contributed by atoms with van der Waals surface area (Å²) in [5.74, 6) is -0.257. The lowest BCUT2D eigenvalue weighted by Gasteiger charge is -2.23. The van der Waals surface area contributed by atoms with E-state index in [4.69, 9.17) is 9.26 Å². The van der Waals surface area contributed by atoms with Crippen LogP contribution in [0.15, 0.2) is 22.7 Å². The third-order valence-electron chi connectivity index (χ3n) is 3.82. The van der Waals surface area contributed by atoms with Crippen LogP contribution in [0.25, 0.3) is 0 Å². The van der Waals surface area contributed by atoms with Crippen LogP contribution in [0, 0.1) is 11.6 Å². The molecule has 1 aromatic carbocycles. The molecule has 1 N–H and O–H groups in total. The fraction of sp³-hybridized carbons (Fsp3) is 0.467. The van der Waals surface area contributed by atoms with Crippen molar-refractivity contribution in [2.24, 2.45) is 0 Å². The number of aliphatic hydroxyl groups excluding tert-OH is 1. The van der Waals surface area contributed by atoms with Gasteiger partial charge in [-0.25, -0.2) is 8.78 Å². The van der Waals surface area contributed by atoms with Gasteiger partial charge >= 0.3 is 0 Å². The van der Waals surface area contributed by atoms with Crippen LogP contribution in [-0.2, 0) is 17.9 Å². The Kier molecular flexibility index (Phi) is 4.65. The molecule has 2 atom stereocenters. The topological polar surface area (TPSA) is 71.6 Å². The Morgan fingerprint density at radius 1 is 1.43 bits per heavy atom. The Labute approximate surface area is 131 Å². The van der Waals surface area contributed by atoms with Gasteiger partial charge in [0.2, 0.25) is 5.89 Å². The number of aliphatic hydroxyl groups is 1. The van der Waals surface area contributed by atoms with Gasteiger partial charge in [0.1, 0.15) is 18.2 Å². The molecular weight excluding hydrogens is 308 g/mol. The summed E-state index contributed by atoms with van der Waals surface area (Å²) >= 11 is 0. The number of methoxy groups -OCH3 is 1. The van der Waals surface area contributed by atoms with Gasteiger partial charge in [0, 0.05) is 25.3 Å². The maximum atomic E-state index is 14.0. The van der Waals surface area contributed by atoms with Crippen LogP contribution in [0.2, 0.25) is 0 Å². The molecule has 1 fully saturated rings. The maximum absolute atomic E-state index is 14.0. The lowest BCUT2D eigenvalue weighted by Crippen LogP contribution is -2.25. The summed E-state index contributed by atoms with van der Waals surface area (Å²) < 4.78 is 37.5. The first kappa shape index (κ1) is 16.0. The zero-order valence-corrected chi connectivity index (χ0v) is 12.6. The molecule has 0 radical (unpaired) electrons. The molecule has 0 aliphatic carbocycles. The second-order valence-electron chi connectivity index (χ2n) is 5.54. The Morgan fingerprint density at radius 2 is 2.26 bits per heavy atom. The highest BCUT2D eigenvalue weighted by atomic mass is 19.1. The van der Waals surface area contributed by atoms with E-state index >= 15 is 0 Å². The number of likely N-dealkylation sites (tertiary alicyclic amines) is 1. The summed E-state index contributed by atoms with van der Waals surface area (Å²) in [5, 5.41) is 13.7. The van der Waals surface area contributed by atoms with Crippen LogP contribution in [0.1, 0.15) is 29.7 Å². The van der Waals surface area contributed by atoms with Crippen molar-refractivity contribution in [2.45, 2.75) is 31.7 Å². The minimum atomic E-state index is -0.621. The molecule has 0 amide bonds. The van der Waals surface area contributed by atoms with E-state index in [1.807, 2.05) is 0 Å². The van der Waals surface area contributed by atoms with Crippen molar-refractivity contribution in [2.75, 3.05) is 13.7 Å². The quantitative estimate of drug-likeness (QED) is 0.904. The highest BCUT2D eigenvalue weighted by Gasteiger charge is 2.34. The second-order valence-corrected chi connectivity index (χ2v) is 5.54. The van der Waals surface area contributed by atoms with Crippen molar-refractivity contribution in [3.05, 3.63) is 47.1 Å². The molecule has 0 unspecified atom stereocenters. The summed E-state index contributed by atoms with van der Waals surface area (Å²) in [6, 6.07) is 2.88. The van der Waals surface area contributed by atoms with Gasteiger partial charge in [-0.15, -0.1) is 0 Å². The highest BCUT2D eigenvalue weighted by Crippen LogP contribution is 2.34. The smallest absolute Gasteiger partial charge is 0.240 e. The number of aromatic nitrogens is 2. The van der Waals surface area contributed by atoms with Crippen molar-refractivity contribution in [3.8, 4) is 0 Å². The first-order valence-corrected chi connectivity index (χ1v) is 7.24. The molecule has 6 nitrogen and oxygen atoms in total. The number of rotatable bonds is 5. The van der Waals surface area contributed by atoms with Crippen LogP contribution in [-0.4, -0.2) is 39.9 Å². The van der Waals surface area contributed by atoms with Crippen LogP contribution in [0.3, 0.4) is 0 Å². The minimum absolute atomic E-state index is 0.221. The summed E-state index contributed by atoms with van der Waals surface area (Å²) in [7, 11) is 1.52. The van der Waals surface area contributed by atoms with Gasteiger partial charge in [-0.05, 0) is 24.6 Å². The van der Waals surface area contributed by atoms with Crippen molar-refractivity contribution >= 4 is 0 Å². The largest absolute Gasteiger partial charge is 0.392 e. The van der Waals surface area contributed by atoms with Crippen LogP contribution < -0.4 is 0 Å². The van der Waals surface area contributed by atoms with E-state index in [9.17, 15) is 13.9 Å². The van der Waals surface area contributed by atoms with Gasteiger partial charge in [-0.2, -0.15) is 4.98 Å². The molecule has 0 bridgehead atoms. The Balaban J connectivity index is 1.80. The zero-order valence-electron chi connectivity index (χ0n) is 12.6. The van der Waals surface area contributed by atoms with E-state index in [0.29, 0.717) is 24.7 Å². The molecule has 8 heteroatoms. The minimum Gasteiger partial charge on any atom is -0.392 e. The summed E-state index contributed by atoms with van der Waals surface area (Å²) in [6.07, 6.45) is -0.302. The van der Waals surface area contributed by atoms with Crippen molar-refractivity contribution < 1.29 is 23.1 Å². The molecule has 0 spiro atoms. The van der Waals surface area contributed by atoms with Gasteiger partial charge in [0.15, 0.2) is 5.82 Å². The van der Waals surface area contributed by atoms with E-state index in [2.05, 4.69) is 10.1 Å². The second kappa shape index (κ2) is 6.69. The van der Waals surface area contributed by atoms with Gasteiger partial charge in [0.05, 0.1) is 12.6 Å². The third kappa shape index (κ3) is 3.54. The predicted molar refractivity (Wildman–Crippen MR) is 75.1 cm³/mol. The SMILES string of the molecule is COCc1noc(CN2C[C@@H](O)C[C@H]2c2cc(F)ccc2F)n1. The average molecular weight is 325 g/mol.